The molecule has 0 unspecified atom stereocenters. The van der Waals surface area contributed by atoms with Crippen molar-refractivity contribution in [1.29, 1.82) is 0 Å². The van der Waals surface area contributed by atoms with Gasteiger partial charge < -0.3 is 10.1 Å². The maximum atomic E-state index is 13.0. The summed E-state index contributed by atoms with van der Waals surface area (Å²) >= 11 is 1.81. The molecule has 0 spiro atoms. The predicted octanol–water partition coefficient (Wildman–Crippen LogP) is 4.58. The van der Waals surface area contributed by atoms with Crippen molar-refractivity contribution in [3.63, 3.8) is 0 Å². The highest BCUT2D eigenvalue weighted by Gasteiger charge is 2.25. The third kappa shape index (κ3) is 3.45. The van der Waals surface area contributed by atoms with Crippen LogP contribution in [0.2, 0.25) is 0 Å². The smallest absolute Gasteiger partial charge is 0.260 e. The summed E-state index contributed by atoms with van der Waals surface area (Å²) in [5.74, 6) is 2.86. The predicted molar refractivity (Wildman–Crippen MR) is 109 cm³/mol. The summed E-state index contributed by atoms with van der Waals surface area (Å²) in [6, 6.07) is 15.4. The summed E-state index contributed by atoms with van der Waals surface area (Å²) in [5.41, 5.74) is 4.78. The van der Waals surface area contributed by atoms with Gasteiger partial charge in [0, 0.05) is 17.1 Å². The molecule has 3 aromatic rings. The molecule has 1 amide bonds. The third-order valence-electron chi connectivity index (χ3n) is 4.49. The van der Waals surface area contributed by atoms with Gasteiger partial charge in [-0.25, -0.2) is 4.68 Å². The lowest BCUT2D eigenvalue weighted by Crippen LogP contribution is -2.17. The van der Waals surface area contributed by atoms with Gasteiger partial charge in [-0.2, -0.15) is 16.9 Å². The van der Waals surface area contributed by atoms with Gasteiger partial charge >= 0.3 is 0 Å². The Balaban J connectivity index is 1.72. The van der Waals surface area contributed by atoms with E-state index in [1.165, 1.54) is 5.56 Å². The van der Waals surface area contributed by atoms with E-state index in [1.54, 1.807) is 6.07 Å². The number of carbonyl (C=O) groups excluding carboxylic acids is 1. The number of aryl methyl sites for hydroxylation is 1. The topological polar surface area (TPSA) is 56.1 Å². The lowest BCUT2D eigenvalue weighted by molar-refractivity contribution is 0.102. The molecule has 0 saturated carbocycles. The number of rotatable bonds is 5. The van der Waals surface area contributed by atoms with Crippen LogP contribution in [0.1, 0.15) is 34.1 Å². The van der Waals surface area contributed by atoms with Gasteiger partial charge in [0.25, 0.3) is 5.91 Å². The number of aromatic nitrogens is 2. The molecule has 0 fully saturated rings. The first kappa shape index (κ1) is 17.7. The number of nitrogens with one attached hydrogen (secondary N) is 1. The Hall–Kier alpha value is -2.73. The Bertz CT molecular complexity index is 980. The molecule has 5 nitrogen and oxygen atoms in total. The quantitative estimate of drug-likeness (QED) is 0.705. The summed E-state index contributed by atoms with van der Waals surface area (Å²) in [4.78, 5) is 13.0. The maximum Gasteiger partial charge on any atom is 0.260 e. The van der Waals surface area contributed by atoms with E-state index in [-0.39, 0.29) is 5.91 Å². The van der Waals surface area contributed by atoms with Crippen LogP contribution < -0.4 is 10.1 Å². The monoisotopic (exact) mass is 379 g/mol. The minimum Gasteiger partial charge on any atom is -0.493 e. The molecule has 1 N–H and O–H groups in total. The highest BCUT2D eigenvalue weighted by Crippen LogP contribution is 2.36. The van der Waals surface area contributed by atoms with Gasteiger partial charge in [0.1, 0.15) is 11.6 Å². The normalized spacial score (nSPS) is 12.7. The number of fused-ring (bicyclic) bond motifs is 1. The molecule has 27 heavy (non-hydrogen) atoms. The Labute approximate surface area is 162 Å². The zero-order chi connectivity index (χ0) is 18.8. The minimum absolute atomic E-state index is 0.188. The molecule has 6 heteroatoms. The number of carbonyl (C=O) groups is 1. The molecule has 138 valence electrons. The minimum atomic E-state index is -0.188. The number of benzene rings is 2. The van der Waals surface area contributed by atoms with Crippen LogP contribution in [-0.2, 0) is 11.5 Å². The van der Waals surface area contributed by atoms with Gasteiger partial charge in [0.15, 0.2) is 0 Å². The fourth-order valence-corrected chi connectivity index (χ4v) is 4.16. The number of nitrogens with zero attached hydrogens (tertiary/aromatic N) is 2. The number of para-hydroxylation sites is 1. The van der Waals surface area contributed by atoms with E-state index in [0.29, 0.717) is 17.9 Å². The molecule has 2 aromatic carbocycles. The number of ether oxygens (including phenoxy) is 1. The van der Waals surface area contributed by atoms with Gasteiger partial charge in [-0.3, -0.25) is 4.79 Å². The lowest BCUT2D eigenvalue weighted by atomic mass is 10.2. The molecule has 1 aromatic heterocycles. The van der Waals surface area contributed by atoms with E-state index in [2.05, 4.69) is 12.2 Å². The van der Waals surface area contributed by atoms with Gasteiger partial charge in [0.05, 0.1) is 23.6 Å². The van der Waals surface area contributed by atoms with E-state index < -0.39 is 0 Å². The fourth-order valence-electron chi connectivity index (χ4n) is 3.12. The van der Waals surface area contributed by atoms with Gasteiger partial charge in [-0.05, 0) is 38.1 Å². The van der Waals surface area contributed by atoms with Crippen LogP contribution in [0.4, 0.5) is 5.82 Å². The molecule has 0 atom stereocenters. The van der Waals surface area contributed by atoms with Crippen molar-refractivity contribution in [2.24, 2.45) is 0 Å². The first-order chi connectivity index (χ1) is 13.2. The lowest BCUT2D eigenvalue weighted by Gasteiger charge is -2.13. The zero-order valence-corrected chi connectivity index (χ0v) is 16.2. The highest BCUT2D eigenvalue weighted by atomic mass is 32.2. The molecule has 4 rings (SSSR count). The molecular weight excluding hydrogens is 358 g/mol. The van der Waals surface area contributed by atoms with Crippen LogP contribution in [0.5, 0.6) is 5.75 Å². The second-order valence-corrected chi connectivity index (χ2v) is 7.38. The van der Waals surface area contributed by atoms with E-state index in [9.17, 15) is 4.79 Å². The van der Waals surface area contributed by atoms with Crippen LogP contribution in [0.3, 0.4) is 0 Å². The van der Waals surface area contributed by atoms with Crippen LogP contribution in [0, 0.1) is 6.92 Å². The molecule has 0 aliphatic carbocycles. The van der Waals surface area contributed by atoms with Crippen molar-refractivity contribution >= 4 is 23.5 Å². The number of hydrogen-bond acceptors (Lipinski definition) is 4. The molecule has 0 radical (unpaired) electrons. The largest absolute Gasteiger partial charge is 0.493 e. The first-order valence-electron chi connectivity index (χ1n) is 8.96. The number of hydrogen-bond donors (Lipinski definition) is 1. The van der Waals surface area contributed by atoms with Crippen molar-refractivity contribution in [1.82, 2.24) is 9.78 Å². The Kier molecular flexibility index (Phi) is 4.90. The standard InChI is InChI=1S/C21H21N3O2S/c1-3-26-19-7-5-4-6-16(19)21(25)22-20-17-12-27-13-18(17)23-24(20)15-10-8-14(2)9-11-15/h4-11H,3,12-13H2,1-2H3,(H,22,25). The van der Waals surface area contributed by atoms with Crippen LogP contribution >= 0.6 is 11.8 Å². The summed E-state index contributed by atoms with van der Waals surface area (Å²) in [5, 5.41) is 7.83. The summed E-state index contributed by atoms with van der Waals surface area (Å²) < 4.78 is 7.45. The Morgan fingerprint density at radius 1 is 1.19 bits per heavy atom. The molecule has 1 aliphatic heterocycles. The molecule has 0 saturated heterocycles. The van der Waals surface area contributed by atoms with Gasteiger partial charge in [-0.1, -0.05) is 29.8 Å². The first-order valence-corrected chi connectivity index (χ1v) is 10.1. The Morgan fingerprint density at radius 2 is 1.96 bits per heavy atom. The van der Waals surface area contributed by atoms with Crippen molar-refractivity contribution in [2.75, 3.05) is 11.9 Å². The van der Waals surface area contributed by atoms with E-state index in [4.69, 9.17) is 9.84 Å². The number of amides is 1. The van der Waals surface area contributed by atoms with Gasteiger partial charge in [0.2, 0.25) is 0 Å². The SMILES string of the molecule is CCOc1ccccc1C(=O)Nc1c2c(nn1-c1ccc(C)cc1)CSC2. The van der Waals surface area contributed by atoms with E-state index in [0.717, 1.165) is 34.3 Å². The average molecular weight is 379 g/mol. The molecule has 2 heterocycles. The summed E-state index contributed by atoms with van der Waals surface area (Å²) in [7, 11) is 0. The van der Waals surface area contributed by atoms with Gasteiger partial charge in [-0.15, -0.1) is 0 Å². The Morgan fingerprint density at radius 3 is 2.74 bits per heavy atom. The third-order valence-corrected chi connectivity index (χ3v) is 5.46. The second kappa shape index (κ2) is 7.48. The zero-order valence-electron chi connectivity index (χ0n) is 15.4. The van der Waals surface area contributed by atoms with E-state index >= 15 is 0 Å². The maximum absolute atomic E-state index is 13.0. The van der Waals surface area contributed by atoms with Crippen LogP contribution in [0.25, 0.3) is 5.69 Å². The fraction of sp³-hybridized carbons (Fsp3) is 0.238. The number of anilines is 1. The molecule has 1 aliphatic rings. The molecule has 0 bridgehead atoms. The second-order valence-electron chi connectivity index (χ2n) is 6.40. The summed E-state index contributed by atoms with van der Waals surface area (Å²) in [6.45, 7) is 4.47. The van der Waals surface area contributed by atoms with Crippen LogP contribution in [0.15, 0.2) is 48.5 Å². The highest BCUT2D eigenvalue weighted by molar-refractivity contribution is 7.98. The number of thioether (sulfide) groups is 1. The van der Waals surface area contributed by atoms with E-state index in [1.807, 2.05) is 65.8 Å². The van der Waals surface area contributed by atoms with Crippen molar-refractivity contribution in [3.8, 4) is 11.4 Å². The summed E-state index contributed by atoms with van der Waals surface area (Å²) in [6.07, 6.45) is 0. The van der Waals surface area contributed by atoms with Crippen LogP contribution in [-0.4, -0.2) is 22.3 Å². The van der Waals surface area contributed by atoms with Crippen molar-refractivity contribution in [2.45, 2.75) is 25.4 Å². The van der Waals surface area contributed by atoms with Crippen molar-refractivity contribution < 1.29 is 9.53 Å². The average Bonchev–Trinajstić information content (AvgIpc) is 3.26. The van der Waals surface area contributed by atoms with Crippen molar-refractivity contribution in [3.05, 3.63) is 70.9 Å². The molecular formula is C21H21N3O2S.